The van der Waals surface area contributed by atoms with Crippen molar-refractivity contribution in [3.05, 3.63) is 54.1 Å². The molecule has 0 aliphatic carbocycles. The molecular formula is C20H19N5O4. The first kappa shape index (κ1) is 18.6. The first-order valence-electron chi connectivity index (χ1n) is 9.04. The second-order valence-corrected chi connectivity index (χ2v) is 6.77. The van der Waals surface area contributed by atoms with Crippen LogP contribution in [0.3, 0.4) is 0 Å². The predicted molar refractivity (Wildman–Crippen MR) is 104 cm³/mol. The maximum Gasteiger partial charge on any atom is 0.263 e. The summed E-state index contributed by atoms with van der Waals surface area (Å²) < 4.78 is 5.10. The van der Waals surface area contributed by atoms with Crippen LogP contribution >= 0.6 is 0 Å². The van der Waals surface area contributed by atoms with Crippen LogP contribution in [0.5, 0.6) is 5.75 Å². The van der Waals surface area contributed by atoms with Crippen molar-refractivity contribution in [1.29, 1.82) is 0 Å². The number of aryl methyl sites for hydroxylation is 1. The van der Waals surface area contributed by atoms with E-state index in [1.165, 1.54) is 12.1 Å². The maximum absolute atomic E-state index is 12.9. The smallest absolute Gasteiger partial charge is 0.263 e. The van der Waals surface area contributed by atoms with Crippen molar-refractivity contribution < 1.29 is 19.1 Å². The number of fused-ring (bicyclic) bond motifs is 1. The van der Waals surface area contributed by atoms with Crippen LogP contribution in [-0.4, -0.2) is 48.5 Å². The second-order valence-electron chi connectivity index (χ2n) is 6.77. The van der Waals surface area contributed by atoms with Crippen molar-refractivity contribution in [2.45, 2.75) is 19.0 Å². The third kappa shape index (κ3) is 3.31. The molecule has 0 aromatic heterocycles. The van der Waals surface area contributed by atoms with E-state index in [4.69, 9.17) is 4.74 Å². The highest BCUT2D eigenvalue weighted by molar-refractivity contribution is 6.25. The van der Waals surface area contributed by atoms with Gasteiger partial charge in [0, 0.05) is 5.69 Å². The predicted octanol–water partition coefficient (Wildman–Crippen LogP) is 1.94. The molecular weight excluding hydrogens is 374 g/mol. The van der Waals surface area contributed by atoms with Crippen LogP contribution < -0.4 is 15.0 Å². The number of anilines is 2. The molecule has 1 saturated heterocycles. The molecule has 0 saturated carbocycles. The molecule has 2 atom stereocenters. The highest BCUT2D eigenvalue weighted by Gasteiger charge is 2.55. The molecule has 3 amide bonds. The number of methoxy groups -OCH3 is 1. The molecule has 1 fully saturated rings. The molecule has 2 aliphatic heterocycles. The molecule has 1 N–H and O–H groups in total. The molecule has 148 valence electrons. The van der Waals surface area contributed by atoms with Crippen molar-refractivity contribution in [1.82, 2.24) is 5.01 Å². The Hall–Kier alpha value is -3.75. The Labute approximate surface area is 166 Å². The number of benzene rings is 2. The van der Waals surface area contributed by atoms with Crippen LogP contribution in [0.2, 0.25) is 0 Å². The molecule has 2 aliphatic rings. The topological polar surface area (TPSA) is 104 Å². The van der Waals surface area contributed by atoms with Crippen molar-refractivity contribution in [2.75, 3.05) is 23.9 Å². The molecule has 0 bridgehead atoms. The Morgan fingerprint density at radius 3 is 2.52 bits per heavy atom. The average molecular weight is 393 g/mol. The van der Waals surface area contributed by atoms with Crippen LogP contribution in [0.25, 0.3) is 0 Å². The van der Waals surface area contributed by atoms with Gasteiger partial charge in [0.15, 0.2) is 12.1 Å². The number of carbonyl (C=O) groups excluding carboxylic acids is 3. The minimum absolute atomic E-state index is 0.186. The van der Waals surface area contributed by atoms with Gasteiger partial charge in [-0.3, -0.25) is 19.4 Å². The zero-order valence-electron chi connectivity index (χ0n) is 15.9. The molecule has 9 heteroatoms. The molecule has 29 heavy (non-hydrogen) atoms. The van der Waals surface area contributed by atoms with E-state index in [-0.39, 0.29) is 12.5 Å². The molecule has 0 radical (unpaired) electrons. The number of hydrogen-bond donors (Lipinski definition) is 1. The van der Waals surface area contributed by atoms with Gasteiger partial charge in [-0.05, 0) is 42.8 Å². The van der Waals surface area contributed by atoms with Crippen LogP contribution in [0.1, 0.15) is 5.56 Å². The highest BCUT2D eigenvalue weighted by atomic mass is 16.5. The summed E-state index contributed by atoms with van der Waals surface area (Å²) in [5.41, 5.74) is 2.02. The van der Waals surface area contributed by atoms with Crippen LogP contribution in [0.4, 0.5) is 11.4 Å². The largest absolute Gasteiger partial charge is 0.497 e. The molecule has 2 aromatic carbocycles. The normalized spacial score (nSPS) is 20.2. The third-order valence-electron chi connectivity index (χ3n) is 4.91. The highest BCUT2D eigenvalue weighted by Crippen LogP contribution is 2.32. The van der Waals surface area contributed by atoms with Gasteiger partial charge in [0.1, 0.15) is 12.3 Å². The Bertz CT molecular complexity index is 1000. The van der Waals surface area contributed by atoms with E-state index in [1.807, 2.05) is 25.1 Å². The summed E-state index contributed by atoms with van der Waals surface area (Å²) in [6.45, 7) is 1.70. The minimum Gasteiger partial charge on any atom is -0.497 e. The number of carbonyl (C=O) groups is 3. The van der Waals surface area contributed by atoms with Crippen molar-refractivity contribution in [3.8, 4) is 5.75 Å². The zero-order valence-corrected chi connectivity index (χ0v) is 15.9. The van der Waals surface area contributed by atoms with Crippen molar-refractivity contribution in [2.24, 2.45) is 10.3 Å². The van der Waals surface area contributed by atoms with Gasteiger partial charge in [0.25, 0.3) is 11.8 Å². The number of imide groups is 1. The van der Waals surface area contributed by atoms with E-state index in [0.29, 0.717) is 17.1 Å². The molecule has 4 rings (SSSR count). The fourth-order valence-corrected chi connectivity index (χ4v) is 3.39. The lowest BCUT2D eigenvalue weighted by Gasteiger charge is -2.20. The average Bonchev–Trinajstić information content (AvgIpc) is 3.23. The number of nitrogens with zero attached hydrogens (tertiary/aromatic N) is 4. The van der Waals surface area contributed by atoms with Gasteiger partial charge < -0.3 is 10.1 Å². The summed E-state index contributed by atoms with van der Waals surface area (Å²) in [5.74, 6) is -0.654. The SMILES string of the molecule is COc1ccc(N2C(=O)[C@H]3N=NN(CC(=O)Nc4ccccc4C)[C@H]3C2=O)cc1. The fourth-order valence-electron chi connectivity index (χ4n) is 3.39. The van der Waals surface area contributed by atoms with E-state index >= 15 is 0 Å². The summed E-state index contributed by atoms with van der Waals surface area (Å²) in [6.07, 6.45) is 0. The second kappa shape index (κ2) is 7.34. The summed E-state index contributed by atoms with van der Waals surface area (Å²) in [6, 6.07) is 12.1. The van der Waals surface area contributed by atoms with E-state index < -0.39 is 23.9 Å². The van der Waals surface area contributed by atoms with Gasteiger partial charge in [-0.25, -0.2) is 4.90 Å². The molecule has 0 spiro atoms. The number of amides is 3. The summed E-state index contributed by atoms with van der Waals surface area (Å²) >= 11 is 0. The van der Waals surface area contributed by atoms with Crippen molar-refractivity contribution >= 4 is 29.1 Å². The Balaban J connectivity index is 1.49. The lowest BCUT2D eigenvalue weighted by Crippen LogP contribution is -2.43. The van der Waals surface area contributed by atoms with Crippen LogP contribution in [0, 0.1) is 6.92 Å². The first-order chi connectivity index (χ1) is 14.0. The number of rotatable bonds is 5. The molecule has 9 nitrogen and oxygen atoms in total. The Morgan fingerprint density at radius 1 is 1.10 bits per heavy atom. The van der Waals surface area contributed by atoms with E-state index in [2.05, 4.69) is 15.7 Å². The van der Waals surface area contributed by atoms with Crippen LogP contribution in [-0.2, 0) is 14.4 Å². The molecule has 2 heterocycles. The zero-order chi connectivity index (χ0) is 20.5. The Morgan fingerprint density at radius 2 is 1.83 bits per heavy atom. The lowest BCUT2D eigenvalue weighted by atomic mass is 10.1. The lowest BCUT2D eigenvalue weighted by molar-refractivity contribution is -0.123. The summed E-state index contributed by atoms with van der Waals surface area (Å²) in [4.78, 5) is 39.2. The number of para-hydroxylation sites is 1. The number of nitrogens with one attached hydrogen (secondary N) is 1. The molecule has 0 unspecified atom stereocenters. The monoisotopic (exact) mass is 393 g/mol. The number of hydrogen-bond acceptors (Lipinski definition) is 7. The first-order valence-corrected chi connectivity index (χ1v) is 9.04. The Kier molecular flexibility index (Phi) is 4.71. The van der Waals surface area contributed by atoms with E-state index in [1.54, 1.807) is 30.3 Å². The van der Waals surface area contributed by atoms with Gasteiger partial charge >= 0.3 is 0 Å². The summed E-state index contributed by atoms with van der Waals surface area (Å²) in [5, 5.41) is 11.9. The minimum atomic E-state index is -0.948. The maximum atomic E-state index is 12.9. The summed E-state index contributed by atoms with van der Waals surface area (Å²) in [7, 11) is 1.53. The van der Waals surface area contributed by atoms with E-state index in [0.717, 1.165) is 10.5 Å². The van der Waals surface area contributed by atoms with Crippen molar-refractivity contribution in [3.63, 3.8) is 0 Å². The fraction of sp³-hybridized carbons (Fsp3) is 0.250. The van der Waals surface area contributed by atoms with Gasteiger partial charge in [0.05, 0.1) is 12.8 Å². The van der Waals surface area contributed by atoms with Gasteiger partial charge in [0.2, 0.25) is 5.91 Å². The van der Waals surface area contributed by atoms with Gasteiger partial charge in [-0.15, -0.1) is 0 Å². The van der Waals surface area contributed by atoms with E-state index in [9.17, 15) is 14.4 Å². The van der Waals surface area contributed by atoms with Crippen LogP contribution in [0.15, 0.2) is 58.9 Å². The molecule has 2 aromatic rings. The third-order valence-corrected chi connectivity index (χ3v) is 4.91. The standard InChI is InChI=1S/C20H19N5O4/c1-12-5-3-4-6-15(12)21-16(26)11-24-18-17(22-23-24)19(27)25(20(18)28)13-7-9-14(29-2)10-8-13/h3-10,17-18H,11H2,1-2H3,(H,21,26)/t17-,18+/m0/s1. The number of ether oxygens (including phenoxy) is 1. The quantitative estimate of drug-likeness (QED) is 0.782. The van der Waals surface area contributed by atoms with Gasteiger partial charge in [-0.2, -0.15) is 5.11 Å². The van der Waals surface area contributed by atoms with Gasteiger partial charge in [-0.1, -0.05) is 23.4 Å².